The zero-order valence-electron chi connectivity index (χ0n) is 12.4. The summed E-state index contributed by atoms with van der Waals surface area (Å²) >= 11 is 0. The van der Waals surface area contributed by atoms with Gasteiger partial charge in [-0.2, -0.15) is 0 Å². The third-order valence-corrected chi connectivity index (χ3v) is 2.93. The normalized spacial score (nSPS) is 11.2. The predicted molar refractivity (Wildman–Crippen MR) is 82.4 cm³/mol. The maximum atomic E-state index is 10.4. The highest BCUT2D eigenvalue weighted by Crippen LogP contribution is 2.13. The number of hydrogen-bond acceptors (Lipinski definition) is 4. The number of carboxylic acids is 1. The maximum absolute atomic E-state index is 10.4. The van der Waals surface area contributed by atoms with Crippen LogP contribution in [0.1, 0.15) is 18.9 Å². The molecule has 0 saturated heterocycles. The lowest BCUT2D eigenvalue weighted by molar-refractivity contribution is -0.131. The molecule has 0 bridgehead atoms. The summed E-state index contributed by atoms with van der Waals surface area (Å²) in [5, 5.41) is 17.5. The Morgan fingerprint density at radius 1 is 1.24 bits per heavy atom. The molecule has 5 heteroatoms. The number of carbonyl (C=O) groups is 1. The first-order valence-corrected chi connectivity index (χ1v) is 7.12. The van der Waals surface area contributed by atoms with E-state index in [1.165, 1.54) is 6.08 Å². The van der Waals surface area contributed by atoms with Crippen molar-refractivity contribution < 1.29 is 19.7 Å². The Kier molecular flexibility index (Phi) is 8.16. The van der Waals surface area contributed by atoms with E-state index in [0.717, 1.165) is 36.9 Å². The van der Waals surface area contributed by atoms with E-state index in [2.05, 4.69) is 11.8 Å². The molecule has 0 unspecified atom stereocenters. The van der Waals surface area contributed by atoms with Gasteiger partial charge < -0.3 is 14.9 Å². The number of aliphatic hydroxyl groups is 1. The lowest BCUT2D eigenvalue weighted by atomic mass is 10.2. The molecule has 0 fully saturated rings. The van der Waals surface area contributed by atoms with Crippen molar-refractivity contribution in [3.05, 3.63) is 35.9 Å². The molecule has 0 aliphatic carbocycles. The summed E-state index contributed by atoms with van der Waals surface area (Å²) in [7, 11) is 0. The van der Waals surface area contributed by atoms with Gasteiger partial charge in [-0.05, 0) is 36.7 Å². The summed E-state index contributed by atoms with van der Waals surface area (Å²) in [5.41, 5.74) is 0.817. The van der Waals surface area contributed by atoms with Crippen LogP contribution in [-0.2, 0) is 4.79 Å². The van der Waals surface area contributed by atoms with Gasteiger partial charge in [0.15, 0.2) is 0 Å². The molecule has 0 amide bonds. The summed E-state index contributed by atoms with van der Waals surface area (Å²) in [5.74, 6) is -0.210. The highest BCUT2D eigenvalue weighted by molar-refractivity contribution is 5.85. The summed E-state index contributed by atoms with van der Waals surface area (Å²) in [6.45, 7) is 5.21. The van der Waals surface area contributed by atoms with Crippen molar-refractivity contribution in [2.75, 3.05) is 32.8 Å². The first-order chi connectivity index (χ1) is 10.2. The Balaban J connectivity index is 2.40. The van der Waals surface area contributed by atoms with Gasteiger partial charge in [0, 0.05) is 19.2 Å². The van der Waals surface area contributed by atoms with Gasteiger partial charge in [0.2, 0.25) is 0 Å². The van der Waals surface area contributed by atoms with Crippen LogP contribution in [0, 0.1) is 0 Å². The Labute approximate surface area is 125 Å². The molecule has 0 aromatic heterocycles. The van der Waals surface area contributed by atoms with E-state index in [1.807, 2.05) is 24.3 Å². The monoisotopic (exact) mass is 293 g/mol. The molecule has 1 aromatic carbocycles. The number of hydrogen-bond donors (Lipinski definition) is 2. The molecule has 116 valence electrons. The third-order valence-electron chi connectivity index (χ3n) is 2.93. The highest BCUT2D eigenvalue weighted by atomic mass is 16.5. The average Bonchev–Trinajstić information content (AvgIpc) is 2.47. The molecular weight excluding hydrogens is 270 g/mol. The average molecular weight is 293 g/mol. The summed E-state index contributed by atoms with van der Waals surface area (Å²) in [6, 6.07) is 7.26. The van der Waals surface area contributed by atoms with E-state index in [9.17, 15) is 4.79 Å². The third kappa shape index (κ3) is 7.48. The minimum absolute atomic E-state index is 0.157. The van der Waals surface area contributed by atoms with Crippen LogP contribution in [0.5, 0.6) is 5.75 Å². The van der Waals surface area contributed by atoms with E-state index in [4.69, 9.17) is 14.9 Å². The Bertz CT molecular complexity index is 436. The smallest absolute Gasteiger partial charge is 0.328 e. The second kappa shape index (κ2) is 9.96. The molecule has 0 radical (unpaired) electrons. The number of nitrogens with zero attached hydrogens (tertiary/aromatic N) is 1. The van der Waals surface area contributed by atoms with E-state index in [0.29, 0.717) is 13.2 Å². The number of rotatable bonds is 10. The molecule has 0 spiro atoms. The van der Waals surface area contributed by atoms with Crippen LogP contribution < -0.4 is 4.74 Å². The SMILES string of the molecule is CCCN(CCO)CCOc1ccc(C=CC(=O)O)cc1. The molecule has 1 rings (SSSR count). The van der Waals surface area contributed by atoms with Gasteiger partial charge in [0.05, 0.1) is 6.61 Å². The fraction of sp³-hybridized carbons (Fsp3) is 0.438. The molecule has 0 aliphatic heterocycles. The fourth-order valence-corrected chi connectivity index (χ4v) is 1.93. The lowest BCUT2D eigenvalue weighted by Crippen LogP contribution is -2.31. The van der Waals surface area contributed by atoms with E-state index in [-0.39, 0.29) is 6.61 Å². The number of aliphatic carboxylic acids is 1. The molecule has 0 atom stereocenters. The van der Waals surface area contributed by atoms with Crippen LogP contribution >= 0.6 is 0 Å². The lowest BCUT2D eigenvalue weighted by Gasteiger charge is -2.20. The minimum Gasteiger partial charge on any atom is -0.492 e. The molecule has 0 saturated carbocycles. The van der Waals surface area contributed by atoms with Crippen molar-refractivity contribution in [2.45, 2.75) is 13.3 Å². The van der Waals surface area contributed by atoms with Crippen LogP contribution in [0.4, 0.5) is 0 Å². The van der Waals surface area contributed by atoms with Gasteiger partial charge in [0.1, 0.15) is 12.4 Å². The zero-order valence-corrected chi connectivity index (χ0v) is 12.4. The first-order valence-electron chi connectivity index (χ1n) is 7.12. The Morgan fingerprint density at radius 3 is 2.52 bits per heavy atom. The Hall–Kier alpha value is -1.85. The maximum Gasteiger partial charge on any atom is 0.328 e. The van der Waals surface area contributed by atoms with E-state index < -0.39 is 5.97 Å². The summed E-state index contributed by atoms with van der Waals surface area (Å²) in [6.07, 6.45) is 3.69. The second-order valence-electron chi connectivity index (χ2n) is 4.65. The second-order valence-corrected chi connectivity index (χ2v) is 4.65. The van der Waals surface area contributed by atoms with Crippen LogP contribution in [0.25, 0.3) is 6.08 Å². The zero-order chi connectivity index (χ0) is 15.5. The molecule has 21 heavy (non-hydrogen) atoms. The van der Waals surface area contributed by atoms with Crippen molar-refractivity contribution in [3.63, 3.8) is 0 Å². The number of ether oxygens (including phenoxy) is 1. The van der Waals surface area contributed by atoms with Crippen LogP contribution in [0.2, 0.25) is 0 Å². The van der Waals surface area contributed by atoms with Crippen molar-refractivity contribution in [2.24, 2.45) is 0 Å². The topological polar surface area (TPSA) is 70.0 Å². The van der Waals surface area contributed by atoms with Gasteiger partial charge in [-0.25, -0.2) is 4.79 Å². The van der Waals surface area contributed by atoms with Crippen LogP contribution in [0.3, 0.4) is 0 Å². The molecule has 2 N–H and O–H groups in total. The predicted octanol–water partition coefficient (Wildman–Crippen LogP) is 1.87. The van der Waals surface area contributed by atoms with E-state index >= 15 is 0 Å². The van der Waals surface area contributed by atoms with Gasteiger partial charge in [0.25, 0.3) is 0 Å². The van der Waals surface area contributed by atoms with E-state index in [1.54, 1.807) is 0 Å². The molecule has 0 aliphatic rings. The number of benzene rings is 1. The molecule has 1 aromatic rings. The van der Waals surface area contributed by atoms with Gasteiger partial charge in [-0.3, -0.25) is 4.90 Å². The Morgan fingerprint density at radius 2 is 1.95 bits per heavy atom. The fourth-order valence-electron chi connectivity index (χ4n) is 1.93. The van der Waals surface area contributed by atoms with Crippen molar-refractivity contribution in [1.29, 1.82) is 0 Å². The molecular formula is C16H23NO4. The minimum atomic E-state index is -0.963. The summed E-state index contributed by atoms with van der Waals surface area (Å²) in [4.78, 5) is 12.6. The van der Waals surface area contributed by atoms with Crippen LogP contribution in [0.15, 0.2) is 30.3 Å². The van der Waals surface area contributed by atoms with Gasteiger partial charge >= 0.3 is 5.97 Å². The first kappa shape index (κ1) is 17.2. The van der Waals surface area contributed by atoms with Crippen LogP contribution in [-0.4, -0.2) is 53.9 Å². The standard InChI is InChI=1S/C16H23NO4/c1-2-9-17(10-12-18)11-13-21-15-6-3-14(4-7-15)5-8-16(19)20/h3-8,18H,2,9-13H2,1H3,(H,19,20). The van der Waals surface area contributed by atoms with Gasteiger partial charge in [-0.15, -0.1) is 0 Å². The quantitative estimate of drug-likeness (QED) is 0.644. The van der Waals surface area contributed by atoms with Crippen molar-refractivity contribution >= 4 is 12.0 Å². The van der Waals surface area contributed by atoms with Gasteiger partial charge in [-0.1, -0.05) is 19.1 Å². The van der Waals surface area contributed by atoms with Crippen molar-refractivity contribution in [1.82, 2.24) is 4.90 Å². The molecule has 0 heterocycles. The largest absolute Gasteiger partial charge is 0.492 e. The summed E-state index contributed by atoms with van der Waals surface area (Å²) < 4.78 is 5.65. The van der Waals surface area contributed by atoms with Crippen molar-refractivity contribution in [3.8, 4) is 5.75 Å². The highest BCUT2D eigenvalue weighted by Gasteiger charge is 2.03. The molecule has 5 nitrogen and oxygen atoms in total. The number of aliphatic hydroxyl groups excluding tert-OH is 1. The number of carboxylic acid groups (broad SMARTS) is 1.